The molecule has 1 aliphatic heterocycles. The fourth-order valence-electron chi connectivity index (χ4n) is 3.56. The molecule has 22 heavy (non-hydrogen) atoms. The zero-order valence-electron chi connectivity index (χ0n) is 15.1. The summed E-state index contributed by atoms with van der Waals surface area (Å²) in [5.74, 6) is 0. The van der Waals surface area contributed by atoms with Crippen LogP contribution in [0.3, 0.4) is 0 Å². The van der Waals surface area contributed by atoms with Gasteiger partial charge in [0.05, 0.1) is 12.7 Å². The van der Waals surface area contributed by atoms with Crippen molar-refractivity contribution in [3.8, 4) is 0 Å². The summed E-state index contributed by atoms with van der Waals surface area (Å²) in [5.41, 5.74) is 2.06. The summed E-state index contributed by atoms with van der Waals surface area (Å²) in [6.45, 7) is 15.9. The fraction of sp³-hybridized carbons (Fsp3) is 0.700. The Labute approximate surface area is 136 Å². The van der Waals surface area contributed by atoms with Crippen molar-refractivity contribution in [3.05, 3.63) is 35.9 Å². The van der Waals surface area contributed by atoms with Crippen LogP contribution < -0.4 is 0 Å². The van der Waals surface area contributed by atoms with E-state index in [9.17, 15) is 0 Å². The number of hydrogen-bond acceptors (Lipinski definition) is 2. The van der Waals surface area contributed by atoms with Gasteiger partial charge in [0, 0.05) is 19.6 Å². The first kappa shape index (κ1) is 17.5. The standard InChI is InChI=1S/C20H33NO/c1-19(2,3)16-21-11-12-22-18(15-21)14-20(4,5)13-17-9-7-6-8-10-17/h6-10,18H,11-16H2,1-5H3. The Morgan fingerprint density at radius 3 is 2.41 bits per heavy atom. The van der Waals surface area contributed by atoms with E-state index in [1.165, 1.54) is 5.56 Å². The Morgan fingerprint density at radius 2 is 1.77 bits per heavy atom. The number of ether oxygens (including phenoxy) is 1. The summed E-state index contributed by atoms with van der Waals surface area (Å²) in [6, 6.07) is 10.8. The number of rotatable bonds is 5. The molecule has 1 aromatic rings. The molecule has 0 amide bonds. The summed E-state index contributed by atoms with van der Waals surface area (Å²) in [5, 5.41) is 0. The normalized spacial score (nSPS) is 21.0. The monoisotopic (exact) mass is 303 g/mol. The molecule has 1 unspecified atom stereocenters. The lowest BCUT2D eigenvalue weighted by Crippen LogP contribution is -2.47. The average Bonchev–Trinajstić information content (AvgIpc) is 2.36. The van der Waals surface area contributed by atoms with Gasteiger partial charge in [0.1, 0.15) is 0 Å². The molecule has 0 spiro atoms. The second kappa shape index (κ2) is 7.14. The van der Waals surface area contributed by atoms with Gasteiger partial charge in [0.25, 0.3) is 0 Å². The van der Waals surface area contributed by atoms with Crippen LogP contribution in [-0.2, 0) is 11.2 Å². The van der Waals surface area contributed by atoms with Gasteiger partial charge in [-0.25, -0.2) is 0 Å². The molecule has 2 nitrogen and oxygen atoms in total. The van der Waals surface area contributed by atoms with Crippen LogP contribution in [-0.4, -0.2) is 37.2 Å². The van der Waals surface area contributed by atoms with Crippen molar-refractivity contribution in [1.29, 1.82) is 0 Å². The molecule has 0 N–H and O–H groups in total. The highest BCUT2D eigenvalue weighted by atomic mass is 16.5. The summed E-state index contributed by atoms with van der Waals surface area (Å²) < 4.78 is 6.05. The largest absolute Gasteiger partial charge is 0.376 e. The molecular formula is C20H33NO. The van der Waals surface area contributed by atoms with Crippen LogP contribution in [0.5, 0.6) is 0 Å². The molecule has 1 aromatic carbocycles. The number of nitrogens with zero attached hydrogens (tertiary/aromatic N) is 1. The Hall–Kier alpha value is -0.860. The molecular weight excluding hydrogens is 270 g/mol. The quantitative estimate of drug-likeness (QED) is 0.800. The first-order valence-corrected chi connectivity index (χ1v) is 8.61. The number of benzene rings is 1. The molecule has 1 fully saturated rings. The molecule has 0 saturated carbocycles. The lowest BCUT2D eigenvalue weighted by molar-refractivity contribution is -0.0545. The first-order chi connectivity index (χ1) is 10.2. The highest BCUT2D eigenvalue weighted by molar-refractivity contribution is 5.16. The van der Waals surface area contributed by atoms with Crippen molar-refractivity contribution < 1.29 is 4.74 Å². The minimum absolute atomic E-state index is 0.275. The second-order valence-corrected chi connectivity index (χ2v) is 8.82. The minimum atomic E-state index is 0.275. The van der Waals surface area contributed by atoms with Gasteiger partial charge in [-0.1, -0.05) is 65.0 Å². The molecule has 1 atom stereocenters. The van der Waals surface area contributed by atoms with Gasteiger partial charge in [-0.3, -0.25) is 4.90 Å². The zero-order chi connectivity index (χ0) is 16.2. The Morgan fingerprint density at radius 1 is 1.09 bits per heavy atom. The summed E-state index contributed by atoms with van der Waals surface area (Å²) in [4.78, 5) is 2.58. The van der Waals surface area contributed by atoms with Gasteiger partial charge in [0.15, 0.2) is 0 Å². The molecule has 0 aromatic heterocycles. The van der Waals surface area contributed by atoms with E-state index in [1.807, 2.05) is 0 Å². The number of morpholine rings is 1. The van der Waals surface area contributed by atoms with E-state index in [1.54, 1.807) is 0 Å². The van der Waals surface area contributed by atoms with E-state index in [0.29, 0.717) is 11.5 Å². The van der Waals surface area contributed by atoms with Gasteiger partial charge in [-0.15, -0.1) is 0 Å². The predicted molar refractivity (Wildman–Crippen MR) is 94.2 cm³/mol. The van der Waals surface area contributed by atoms with Crippen molar-refractivity contribution in [3.63, 3.8) is 0 Å². The van der Waals surface area contributed by atoms with Crippen molar-refractivity contribution in [1.82, 2.24) is 4.90 Å². The lowest BCUT2D eigenvalue weighted by atomic mass is 9.80. The molecule has 2 heteroatoms. The molecule has 0 radical (unpaired) electrons. The third-order valence-electron chi connectivity index (χ3n) is 4.23. The topological polar surface area (TPSA) is 12.5 Å². The van der Waals surface area contributed by atoms with E-state index in [0.717, 1.165) is 39.1 Å². The number of hydrogen-bond donors (Lipinski definition) is 0. The molecule has 124 valence electrons. The third kappa shape index (κ3) is 6.10. The average molecular weight is 303 g/mol. The smallest absolute Gasteiger partial charge is 0.0707 e. The maximum Gasteiger partial charge on any atom is 0.0707 e. The van der Waals surface area contributed by atoms with Crippen LogP contribution in [0.15, 0.2) is 30.3 Å². The van der Waals surface area contributed by atoms with E-state index in [4.69, 9.17) is 4.74 Å². The van der Waals surface area contributed by atoms with Crippen LogP contribution in [0.4, 0.5) is 0 Å². The molecule has 1 aliphatic rings. The summed E-state index contributed by atoms with van der Waals surface area (Å²) in [7, 11) is 0. The van der Waals surface area contributed by atoms with E-state index in [-0.39, 0.29) is 5.41 Å². The predicted octanol–water partition coefficient (Wildman–Crippen LogP) is 4.39. The van der Waals surface area contributed by atoms with E-state index < -0.39 is 0 Å². The van der Waals surface area contributed by atoms with E-state index in [2.05, 4.69) is 69.9 Å². The van der Waals surface area contributed by atoms with Gasteiger partial charge in [-0.2, -0.15) is 0 Å². The van der Waals surface area contributed by atoms with Crippen LogP contribution in [0.2, 0.25) is 0 Å². The SMILES string of the molecule is CC(C)(C)CN1CCOC(CC(C)(C)Cc2ccccc2)C1. The summed E-state index contributed by atoms with van der Waals surface area (Å²) in [6.07, 6.45) is 2.62. The van der Waals surface area contributed by atoms with Crippen LogP contribution in [0.25, 0.3) is 0 Å². The Balaban J connectivity index is 1.88. The highest BCUT2D eigenvalue weighted by Crippen LogP contribution is 2.30. The molecule has 2 rings (SSSR count). The zero-order valence-corrected chi connectivity index (χ0v) is 15.1. The van der Waals surface area contributed by atoms with Crippen LogP contribution in [0.1, 0.15) is 46.6 Å². The van der Waals surface area contributed by atoms with Gasteiger partial charge < -0.3 is 4.74 Å². The van der Waals surface area contributed by atoms with Crippen molar-refractivity contribution >= 4 is 0 Å². The van der Waals surface area contributed by atoms with Crippen LogP contribution >= 0.6 is 0 Å². The Bertz CT molecular complexity index is 447. The first-order valence-electron chi connectivity index (χ1n) is 8.61. The molecule has 0 aliphatic carbocycles. The maximum atomic E-state index is 6.05. The van der Waals surface area contributed by atoms with Crippen molar-refractivity contribution in [2.45, 2.75) is 53.6 Å². The summed E-state index contributed by atoms with van der Waals surface area (Å²) >= 11 is 0. The van der Waals surface area contributed by atoms with Gasteiger partial charge in [0.2, 0.25) is 0 Å². The Kier molecular flexibility index (Phi) is 5.68. The second-order valence-electron chi connectivity index (χ2n) is 8.82. The molecule has 1 heterocycles. The highest BCUT2D eigenvalue weighted by Gasteiger charge is 2.29. The fourth-order valence-corrected chi connectivity index (χ4v) is 3.56. The van der Waals surface area contributed by atoms with Gasteiger partial charge >= 0.3 is 0 Å². The minimum Gasteiger partial charge on any atom is -0.376 e. The molecule has 1 saturated heterocycles. The third-order valence-corrected chi connectivity index (χ3v) is 4.23. The van der Waals surface area contributed by atoms with Crippen molar-refractivity contribution in [2.75, 3.05) is 26.2 Å². The van der Waals surface area contributed by atoms with Crippen LogP contribution in [0, 0.1) is 10.8 Å². The molecule has 0 bridgehead atoms. The van der Waals surface area contributed by atoms with E-state index >= 15 is 0 Å². The van der Waals surface area contributed by atoms with Gasteiger partial charge in [-0.05, 0) is 29.2 Å². The van der Waals surface area contributed by atoms with Crippen molar-refractivity contribution in [2.24, 2.45) is 10.8 Å². The lowest BCUT2D eigenvalue weighted by Gasteiger charge is -2.39. The maximum absolute atomic E-state index is 6.05.